The van der Waals surface area contributed by atoms with E-state index in [0.29, 0.717) is 18.1 Å². The van der Waals surface area contributed by atoms with Crippen molar-refractivity contribution in [3.8, 4) is 11.1 Å². The number of halogens is 1. The van der Waals surface area contributed by atoms with Crippen LogP contribution in [0, 0.1) is 0 Å². The molecule has 0 atom stereocenters. The van der Waals surface area contributed by atoms with Crippen LogP contribution in [0.25, 0.3) is 11.1 Å². The molecule has 0 radical (unpaired) electrons. The Hall–Kier alpha value is -2.64. The summed E-state index contributed by atoms with van der Waals surface area (Å²) < 4.78 is 0. The first-order valence-corrected chi connectivity index (χ1v) is 9.03. The molecule has 0 unspecified atom stereocenters. The van der Waals surface area contributed by atoms with E-state index in [0.717, 1.165) is 28.1 Å². The van der Waals surface area contributed by atoms with Gasteiger partial charge in [0.05, 0.1) is 29.7 Å². The van der Waals surface area contributed by atoms with Crippen molar-refractivity contribution in [3.05, 3.63) is 77.1 Å². The average molecular weight is 383 g/mol. The highest BCUT2D eigenvalue weighted by molar-refractivity contribution is 6.36. The van der Waals surface area contributed by atoms with E-state index in [4.69, 9.17) is 21.6 Å². The number of nitrogens with one attached hydrogen (secondary N) is 1. The Balaban J connectivity index is 1.58. The normalized spacial score (nSPS) is 15.6. The first kappa shape index (κ1) is 17.8. The quantitative estimate of drug-likeness (QED) is 0.750. The van der Waals surface area contributed by atoms with Crippen molar-refractivity contribution in [1.29, 1.82) is 0 Å². The summed E-state index contributed by atoms with van der Waals surface area (Å²) in [6.45, 7) is 1.27. The first-order chi connectivity index (χ1) is 13.3. The van der Waals surface area contributed by atoms with Crippen LogP contribution in [0.2, 0.25) is 5.02 Å². The second-order valence-electron chi connectivity index (χ2n) is 6.10. The number of aliphatic hydroxyl groups excluding tert-OH is 1. The first-order valence-electron chi connectivity index (χ1n) is 8.65. The molecule has 0 spiro atoms. The molecule has 2 aromatic rings. The number of hydrazone groups is 1. The highest BCUT2D eigenvalue weighted by Crippen LogP contribution is 2.38. The SMILES string of the molecule is OCCNCC1=CC2=CN(c3cccc(-c4ccccc4)c3Cl)ON2N=C1. The third-order valence-corrected chi connectivity index (χ3v) is 4.61. The molecule has 7 heteroatoms. The van der Waals surface area contributed by atoms with E-state index in [2.05, 4.69) is 10.4 Å². The number of benzene rings is 2. The zero-order chi connectivity index (χ0) is 18.6. The third-order valence-electron chi connectivity index (χ3n) is 4.22. The summed E-state index contributed by atoms with van der Waals surface area (Å²) in [5.41, 5.74) is 4.53. The number of anilines is 1. The fraction of sp³-hybridized carbons (Fsp3) is 0.150. The minimum Gasteiger partial charge on any atom is -0.395 e. The van der Waals surface area contributed by atoms with E-state index in [-0.39, 0.29) is 6.61 Å². The molecule has 0 saturated heterocycles. The lowest BCUT2D eigenvalue weighted by molar-refractivity contribution is -0.111. The van der Waals surface area contributed by atoms with Crippen molar-refractivity contribution in [2.24, 2.45) is 5.10 Å². The summed E-state index contributed by atoms with van der Waals surface area (Å²) in [7, 11) is 0. The van der Waals surface area contributed by atoms with E-state index in [1.165, 1.54) is 5.17 Å². The minimum atomic E-state index is 0.104. The number of hydroxylamine groups is 2. The standard InChI is InChI=1S/C20H19ClN4O2/c21-20-18(16-5-2-1-3-6-16)7-4-8-19(20)24-14-17-11-15(12-22-9-10-26)13-23-25(17)27-24/h1-8,11,13-14,22,26H,9-10,12H2. The largest absolute Gasteiger partial charge is 0.395 e. The number of rotatable bonds is 6. The van der Waals surface area contributed by atoms with Crippen molar-refractivity contribution >= 4 is 23.5 Å². The van der Waals surface area contributed by atoms with Crippen LogP contribution in [0.5, 0.6) is 0 Å². The van der Waals surface area contributed by atoms with Gasteiger partial charge in [0, 0.05) is 18.7 Å². The van der Waals surface area contributed by atoms with Crippen LogP contribution in [-0.4, -0.2) is 36.2 Å². The molecule has 27 heavy (non-hydrogen) atoms. The molecule has 138 valence electrons. The van der Waals surface area contributed by atoms with Gasteiger partial charge in [0.2, 0.25) is 0 Å². The van der Waals surface area contributed by atoms with Gasteiger partial charge in [-0.2, -0.15) is 10.2 Å². The van der Waals surface area contributed by atoms with Gasteiger partial charge in [-0.25, -0.2) is 0 Å². The van der Waals surface area contributed by atoms with Gasteiger partial charge in [-0.3, -0.25) is 0 Å². The molecule has 0 aromatic heterocycles. The maximum absolute atomic E-state index is 8.86. The zero-order valence-electron chi connectivity index (χ0n) is 14.5. The van der Waals surface area contributed by atoms with Gasteiger partial charge in [0.15, 0.2) is 0 Å². The van der Waals surface area contributed by atoms with Gasteiger partial charge < -0.3 is 10.4 Å². The highest BCUT2D eigenvalue weighted by atomic mass is 35.5. The van der Waals surface area contributed by atoms with Crippen LogP contribution in [0.1, 0.15) is 0 Å². The lowest BCUT2D eigenvalue weighted by Gasteiger charge is -2.20. The van der Waals surface area contributed by atoms with Gasteiger partial charge in [0.1, 0.15) is 5.70 Å². The number of fused-ring (bicyclic) bond motifs is 1. The molecule has 2 N–H and O–H groups in total. The molecular weight excluding hydrogens is 364 g/mol. The van der Waals surface area contributed by atoms with E-state index in [9.17, 15) is 0 Å². The van der Waals surface area contributed by atoms with Crippen molar-refractivity contribution in [1.82, 2.24) is 10.5 Å². The highest BCUT2D eigenvalue weighted by Gasteiger charge is 2.26. The molecule has 2 aliphatic rings. The van der Waals surface area contributed by atoms with Crippen LogP contribution in [0.3, 0.4) is 0 Å². The van der Waals surface area contributed by atoms with Crippen LogP contribution in [0.4, 0.5) is 5.69 Å². The van der Waals surface area contributed by atoms with Gasteiger partial charge >= 0.3 is 0 Å². The predicted molar refractivity (Wildman–Crippen MR) is 107 cm³/mol. The molecule has 0 fully saturated rings. The Labute approximate surface area is 162 Å². The third kappa shape index (κ3) is 3.74. The number of hydrogen-bond acceptors (Lipinski definition) is 6. The van der Waals surface area contributed by atoms with E-state index in [1.807, 2.05) is 60.8 Å². The minimum absolute atomic E-state index is 0.104. The summed E-state index contributed by atoms with van der Waals surface area (Å²) in [6.07, 6.45) is 5.55. The van der Waals surface area contributed by atoms with Crippen molar-refractivity contribution in [3.63, 3.8) is 0 Å². The van der Waals surface area contributed by atoms with Crippen molar-refractivity contribution in [2.45, 2.75) is 0 Å². The molecule has 0 bridgehead atoms. The molecule has 2 aliphatic heterocycles. The fourth-order valence-corrected chi connectivity index (χ4v) is 3.23. The van der Waals surface area contributed by atoms with Gasteiger partial charge in [0.25, 0.3) is 0 Å². The number of nitrogens with zero attached hydrogens (tertiary/aromatic N) is 3. The smallest absolute Gasteiger partial charge is 0.112 e. The van der Waals surface area contributed by atoms with E-state index < -0.39 is 0 Å². The van der Waals surface area contributed by atoms with Crippen LogP contribution in [-0.2, 0) is 4.94 Å². The second-order valence-corrected chi connectivity index (χ2v) is 6.48. The fourth-order valence-electron chi connectivity index (χ4n) is 2.91. The molecular formula is C20H19ClN4O2. The number of allylic oxidation sites excluding steroid dienone is 1. The Kier molecular flexibility index (Phi) is 5.22. The van der Waals surface area contributed by atoms with Crippen LogP contribution in [0.15, 0.2) is 77.2 Å². The molecule has 2 heterocycles. The molecule has 0 aliphatic carbocycles. The van der Waals surface area contributed by atoms with Gasteiger partial charge in [-0.1, -0.05) is 54.1 Å². The summed E-state index contributed by atoms with van der Waals surface area (Å²) in [5.74, 6) is 0. The average Bonchev–Trinajstić information content (AvgIpc) is 3.12. The molecule has 6 nitrogen and oxygen atoms in total. The molecule has 0 saturated carbocycles. The summed E-state index contributed by atoms with van der Waals surface area (Å²) in [6, 6.07) is 15.8. The monoisotopic (exact) mass is 382 g/mol. The topological polar surface area (TPSA) is 60.3 Å². The number of aliphatic hydroxyl groups is 1. The second kappa shape index (κ2) is 7.94. The molecule has 0 amide bonds. The van der Waals surface area contributed by atoms with Gasteiger partial charge in [-0.15, -0.1) is 10.1 Å². The van der Waals surface area contributed by atoms with E-state index >= 15 is 0 Å². The lowest BCUT2D eigenvalue weighted by atomic mass is 10.1. The summed E-state index contributed by atoms with van der Waals surface area (Å²) >= 11 is 6.68. The molecule has 4 rings (SSSR count). The predicted octanol–water partition coefficient (Wildman–Crippen LogP) is 3.32. The van der Waals surface area contributed by atoms with Crippen molar-refractivity contribution < 1.29 is 10.0 Å². The van der Waals surface area contributed by atoms with Crippen LogP contribution >= 0.6 is 11.6 Å². The van der Waals surface area contributed by atoms with Gasteiger partial charge in [-0.05, 0) is 23.3 Å². The zero-order valence-corrected chi connectivity index (χ0v) is 15.3. The molecule has 2 aromatic carbocycles. The van der Waals surface area contributed by atoms with Crippen molar-refractivity contribution in [2.75, 3.05) is 24.8 Å². The Morgan fingerprint density at radius 3 is 2.78 bits per heavy atom. The Morgan fingerprint density at radius 1 is 1.11 bits per heavy atom. The van der Waals surface area contributed by atoms with E-state index in [1.54, 1.807) is 11.3 Å². The van der Waals surface area contributed by atoms with Crippen LogP contribution < -0.4 is 10.4 Å². The maximum atomic E-state index is 8.86. The summed E-state index contributed by atoms with van der Waals surface area (Å²) in [4.78, 5) is 5.78. The maximum Gasteiger partial charge on any atom is 0.112 e. The summed E-state index contributed by atoms with van der Waals surface area (Å²) in [5, 5.41) is 20.0. The lowest BCUT2D eigenvalue weighted by Crippen LogP contribution is -2.25. The number of hydrogen-bond donors (Lipinski definition) is 2. The Bertz CT molecular complexity index is 911. The Morgan fingerprint density at radius 2 is 1.96 bits per heavy atom.